The van der Waals surface area contributed by atoms with Crippen LogP contribution >= 0.6 is 0 Å². The highest BCUT2D eigenvalue weighted by Crippen LogP contribution is 2.38. The molecule has 0 radical (unpaired) electrons. The predicted octanol–water partition coefficient (Wildman–Crippen LogP) is 2.40. The second-order valence-corrected chi connectivity index (χ2v) is 6.12. The van der Waals surface area contributed by atoms with Crippen molar-refractivity contribution in [1.29, 1.82) is 0 Å². The third-order valence-corrected chi connectivity index (χ3v) is 4.57. The zero-order valence-electron chi connectivity index (χ0n) is 15.3. The van der Waals surface area contributed by atoms with Gasteiger partial charge in [0.05, 0.1) is 30.9 Å². The molecule has 0 saturated heterocycles. The van der Waals surface area contributed by atoms with E-state index in [0.29, 0.717) is 23.7 Å². The topological polar surface area (TPSA) is 102 Å². The molecular weight excluding hydrogens is 348 g/mol. The number of anilines is 1. The second kappa shape index (κ2) is 7.67. The first-order valence-corrected chi connectivity index (χ1v) is 8.71. The number of carbonyl (C=O) groups is 2. The summed E-state index contributed by atoms with van der Waals surface area (Å²) in [6.07, 6.45) is 0.198. The van der Waals surface area contributed by atoms with E-state index in [1.807, 2.05) is 6.92 Å². The fourth-order valence-corrected chi connectivity index (χ4v) is 3.35. The summed E-state index contributed by atoms with van der Waals surface area (Å²) in [5.74, 6) is 0.182. The fraction of sp³-hybridized carbons (Fsp3) is 0.300. The van der Waals surface area contributed by atoms with Gasteiger partial charge in [-0.2, -0.15) is 0 Å². The number of rotatable bonds is 7. The van der Waals surface area contributed by atoms with Crippen molar-refractivity contribution in [2.75, 3.05) is 26.1 Å². The average molecular weight is 370 g/mol. The normalized spacial score (nSPS) is 14.3. The van der Waals surface area contributed by atoms with Crippen molar-refractivity contribution in [1.82, 2.24) is 4.90 Å². The number of imide groups is 1. The number of benzene rings is 2. The molecular formula is C20H22N2O5. The Bertz CT molecular complexity index is 881. The van der Waals surface area contributed by atoms with E-state index in [2.05, 4.69) is 0 Å². The Labute approximate surface area is 157 Å². The van der Waals surface area contributed by atoms with Crippen molar-refractivity contribution in [2.45, 2.75) is 19.4 Å². The van der Waals surface area contributed by atoms with Crippen LogP contribution in [-0.4, -0.2) is 42.1 Å². The summed E-state index contributed by atoms with van der Waals surface area (Å²) in [4.78, 5) is 27.0. The van der Waals surface area contributed by atoms with Gasteiger partial charge >= 0.3 is 0 Å². The third-order valence-electron chi connectivity index (χ3n) is 4.57. The van der Waals surface area contributed by atoms with Crippen molar-refractivity contribution in [3.8, 4) is 11.5 Å². The smallest absolute Gasteiger partial charge is 0.264 e. The number of aliphatic hydroxyl groups excluding tert-OH is 1. The van der Waals surface area contributed by atoms with Gasteiger partial charge in [-0.05, 0) is 43.2 Å². The van der Waals surface area contributed by atoms with Gasteiger partial charge < -0.3 is 20.3 Å². The van der Waals surface area contributed by atoms with Crippen molar-refractivity contribution in [3.05, 3.63) is 53.1 Å². The molecule has 2 aromatic carbocycles. The Hall–Kier alpha value is -3.06. The van der Waals surface area contributed by atoms with Gasteiger partial charge in [0.2, 0.25) is 0 Å². The Morgan fingerprint density at radius 1 is 1.15 bits per heavy atom. The molecule has 142 valence electrons. The SMILES string of the molecule is CCOc1cc(C(CCO)N2C(=O)c3cccc(N)c3C2=O)ccc1OC. The minimum atomic E-state index is -0.646. The number of aliphatic hydroxyl groups is 1. The number of hydrogen-bond acceptors (Lipinski definition) is 6. The molecule has 0 saturated carbocycles. The maximum Gasteiger partial charge on any atom is 0.264 e. The zero-order valence-corrected chi connectivity index (χ0v) is 15.3. The van der Waals surface area contributed by atoms with Crippen LogP contribution in [0.25, 0.3) is 0 Å². The lowest BCUT2D eigenvalue weighted by molar-refractivity contribution is 0.0558. The van der Waals surface area contributed by atoms with Crippen LogP contribution in [0, 0.1) is 0 Å². The summed E-state index contributed by atoms with van der Waals surface area (Å²) in [6.45, 7) is 2.10. The van der Waals surface area contributed by atoms with E-state index in [4.69, 9.17) is 15.2 Å². The highest BCUT2D eigenvalue weighted by Gasteiger charge is 2.41. The van der Waals surface area contributed by atoms with Gasteiger partial charge in [-0.3, -0.25) is 14.5 Å². The number of amides is 2. The van der Waals surface area contributed by atoms with Crippen LogP contribution in [0.4, 0.5) is 5.69 Å². The molecule has 7 nitrogen and oxygen atoms in total. The van der Waals surface area contributed by atoms with E-state index in [1.165, 1.54) is 7.11 Å². The molecule has 27 heavy (non-hydrogen) atoms. The molecule has 1 aliphatic heterocycles. The number of carbonyl (C=O) groups excluding carboxylic acids is 2. The summed E-state index contributed by atoms with van der Waals surface area (Å²) in [7, 11) is 1.54. The van der Waals surface area contributed by atoms with Crippen molar-refractivity contribution < 1.29 is 24.2 Å². The van der Waals surface area contributed by atoms with Crippen LogP contribution < -0.4 is 15.2 Å². The van der Waals surface area contributed by atoms with Gasteiger partial charge in [-0.25, -0.2) is 0 Å². The molecule has 0 bridgehead atoms. The summed E-state index contributed by atoms with van der Waals surface area (Å²) < 4.78 is 10.9. The molecule has 3 rings (SSSR count). The number of nitrogens with zero attached hydrogens (tertiary/aromatic N) is 1. The molecule has 0 aromatic heterocycles. The van der Waals surface area contributed by atoms with Crippen molar-refractivity contribution in [3.63, 3.8) is 0 Å². The number of ether oxygens (including phenoxy) is 2. The molecule has 2 amide bonds. The predicted molar refractivity (Wildman–Crippen MR) is 100.0 cm³/mol. The molecule has 1 aliphatic rings. The molecule has 7 heteroatoms. The lowest BCUT2D eigenvalue weighted by Gasteiger charge is -2.27. The maximum atomic E-state index is 12.9. The molecule has 2 aromatic rings. The van der Waals surface area contributed by atoms with Gasteiger partial charge in [0.1, 0.15) is 0 Å². The second-order valence-electron chi connectivity index (χ2n) is 6.12. The molecule has 0 spiro atoms. The van der Waals surface area contributed by atoms with Crippen LogP contribution in [0.3, 0.4) is 0 Å². The first-order chi connectivity index (χ1) is 13.0. The van der Waals surface area contributed by atoms with Gasteiger partial charge in [-0.1, -0.05) is 12.1 Å². The van der Waals surface area contributed by atoms with Gasteiger partial charge in [0, 0.05) is 12.3 Å². The van der Waals surface area contributed by atoms with Crippen LogP contribution in [0.5, 0.6) is 11.5 Å². The number of fused-ring (bicyclic) bond motifs is 1. The Kier molecular flexibility index (Phi) is 5.32. The molecule has 1 atom stereocenters. The highest BCUT2D eigenvalue weighted by atomic mass is 16.5. The minimum Gasteiger partial charge on any atom is -0.493 e. The number of methoxy groups -OCH3 is 1. The van der Waals surface area contributed by atoms with E-state index in [0.717, 1.165) is 4.90 Å². The Balaban J connectivity index is 2.05. The first-order valence-electron chi connectivity index (χ1n) is 8.71. The minimum absolute atomic E-state index is 0.191. The molecule has 3 N–H and O–H groups in total. The summed E-state index contributed by atoms with van der Waals surface area (Å²) >= 11 is 0. The van der Waals surface area contributed by atoms with Crippen molar-refractivity contribution in [2.24, 2.45) is 0 Å². The quantitative estimate of drug-likeness (QED) is 0.573. The Morgan fingerprint density at radius 2 is 1.93 bits per heavy atom. The van der Waals surface area contributed by atoms with Gasteiger partial charge in [0.15, 0.2) is 11.5 Å². The van der Waals surface area contributed by atoms with E-state index < -0.39 is 17.9 Å². The standard InChI is InChI=1S/C20H22N2O5/c1-3-27-17-11-12(7-8-16(17)26-2)15(9-10-23)22-19(24)13-5-4-6-14(21)18(13)20(22)25/h4-8,11,15,23H,3,9-10,21H2,1-2H3. The lowest BCUT2D eigenvalue weighted by atomic mass is 10.0. The maximum absolute atomic E-state index is 12.9. The number of hydrogen-bond donors (Lipinski definition) is 2. The van der Waals surface area contributed by atoms with E-state index in [-0.39, 0.29) is 29.8 Å². The van der Waals surface area contributed by atoms with Crippen molar-refractivity contribution >= 4 is 17.5 Å². The fourth-order valence-electron chi connectivity index (χ4n) is 3.35. The highest BCUT2D eigenvalue weighted by molar-refractivity contribution is 6.23. The average Bonchev–Trinajstić information content (AvgIpc) is 2.92. The van der Waals surface area contributed by atoms with Crippen LogP contribution in [0.15, 0.2) is 36.4 Å². The largest absolute Gasteiger partial charge is 0.493 e. The number of nitrogen functional groups attached to an aromatic ring is 1. The molecule has 0 aliphatic carbocycles. The number of nitrogens with two attached hydrogens (primary N) is 1. The van der Waals surface area contributed by atoms with E-state index in [9.17, 15) is 14.7 Å². The van der Waals surface area contributed by atoms with E-state index in [1.54, 1.807) is 36.4 Å². The summed E-state index contributed by atoms with van der Waals surface area (Å²) in [5, 5.41) is 9.55. The summed E-state index contributed by atoms with van der Waals surface area (Å²) in [6, 6.07) is 9.38. The van der Waals surface area contributed by atoms with Crippen LogP contribution in [0.1, 0.15) is 45.7 Å². The summed E-state index contributed by atoms with van der Waals surface area (Å²) in [5.41, 5.74) is 7.34. The van der Waals surface area contributed by atoms with Crippen LogP contribution in [-0.2, 0) is 0 Å². The Morgan fingerprint density at radius 3 is 2.56 bits per heavy atom. The molecule has 1 unspecified atom stereocenters. The lowest BCUT2D eigenvalue weighted by Crippen LogP contribution is -2.34. The third kappa shape index (κ3) is 3.21. The van der Waals surface area contributed by atoms with Crippen LogP contribution in [0.2, 0.25) is 0 Å². The first kappa shape index (κ1) is 18.7. The van der Waals surface area contributed by atoms with Gasteiger partial charge in [0.25, 0.3) is 11.8 Å². The molecule has 1 heterocycles. The van der Waals surface area contributed by atoms with E-state index >= 15 is 0 Å². The molecule has 0 fully saturated rings. The van der Waals surface area contributed by atoms with Gasteiger partial charge in [-0.15, -0.1) is 0 Å². The zero-order chi connectivity index (χ0) is 19.6. The monoisotopic (exact) mass is 370 g/mol.